The van der Waals surface area contributed by atoms with Crippen LogP contribution in [0.1, 0.15) is 40.8 Å². The first-order valence-corrected chi connectivity index (χ1v) is 10.6. The number of urea groups is 1. The van der Waals surface area contributed by atoms with Crippen LogP contribution < -0.4 is 5.32 Å². The number of aryl methyl sites for hydroxylation is 4. The van der Waals surface area contributed by atoms with Crippen molar-refractivity contribution in [2.24, 2.45) is 5.92 Å². The Hall–Kier alpha value is -3.08. The van der Waals surface area contributed by atoms with Gasteiger partial charge in [0.25, 0.3) is 0 Å². The average molecular weight is 403 g/mol. The summed E-state index contributed by atoms with van der Waals surface area (Å²) in [4.78, 5) is 19.4. The minimum atomic E-state index is -0.0339. The third kappa shape index (κ3) is 4.73. The second kappa shape index (κ2) is 8.34. The molecule has 0 atom stereocenters. The fourth-order valence-electron chi connectivity index (χ4n) is 3.79. The smallest absolute Gasteiger partial charge is 0.320 e. The number of anilines is 1. The lowest BCUT2D eigenvalue weighted by molar-refractivity contribution is 0.206. The predicted octanol–water partition coefficient (Wildman–Crippen LogP) is 5.55. The largest absolute Gasteiger partial charge is 0.322 e. The maximum absolute atomic E-state index is 13.1. The molecule has 0 bridgehead atoms. The molecule has 0 unspecified atom stereocenters. The van der Waals surface area contributed by atoms with Crippen LogP contribution in [0.5, 0.6) is 0 Å². The van der Waals surface area contributed by atoms with Crippen molar-refractivity contribution in [2.45, 2.75) is 47.1 Å². The summed E-state index contributed by atoms with van der Waals surface area (Å²) in [7, 11) is 0. The van der Waals surface area contributed by atoms with Gasteiger partial charge in [-0.25, -0.2) is 9.78 Å². The first-order valence-electron chi connectivity index (χ1n) is 10.6. The molecule has 2 aromatic carbocycles. The summed E-state index contributed by atoms with van der Waals surface area (Å²) in [5.41, 5.74) is 7.63. The number of benzene rings is 2. The molecule has 2 amide bonds. The number of amides is 2. The van der Waals surface area contributed by atoms with E-state index >= 15 is 0 Å². The first kappa shape index (κ1) is 20.2. The Labute approximate surface area is 178 Å². The van der Waals surface area contributed by atoms with Gasteiger partial charge in [-0.05, 0) is 81.3 Å². The molecule has 1 heterocycles. The van der Waals surface area contributed by atoms with Gasteiger partial charge in [-0.15, -0.1) is 0 Å². The minimum Gasteiger partial charge on any atom is -0.320 e. The van der Waals surface area contributed by atoms with Crippen molar-refractivity contribution < 1.29 is 4.79 Å². The van der Waals surface area contributed by atoms with Gasteiger partial charge in [-0.1, -0.05) is 23.8 Å². The zero-order valence-electron chi connectivity index (χ0n) is 18.3. The molecule has 0 radical (unpaired) electrons. The van der Waals surface area contributed by atoms with Crippen molar-refractivity contribution in [1.29, 1.82) is 0 Å². The summed E-state index contributed by atoms with van der Waals surface area (Å²) in [5, 5.41) is 3.12. The van der Waals surface area contributed by atoms with Crippen molar-refractivity contribution in [3.8, 4) is 5.69 Å². The number of nitrogens with zero attached hydrogens (tertiary/aromatic N) is 3. The quantitative estimate of drug-likeness (QED) is 0.588. The topological polar surface area (TPSA) is 50.2 Å². The van der Waals surface area contributed by atoms with E-state index in [-0.39, 0.29) is 6.03 Å². The molecule has 1 saturated carbocycles. The third-order valence-corrected chi connectivity index (χ3v) is 5.77. The number of carbonyl (C=O) groups excluding carboxylic acids is 1. The summed E-state index contributed by atoms with van der Waals surface area (Å²) >= 11 is 0. The van der Waals surface area contributed by atoms with Crippen LogP contribution in [-0.2, 0) is 6.54 Å². The van der Waals surface area contributed by atoms with Crippen LogP contribution in [0.3, 0.4) is 0 Å². The summed E-state index contributed by atoms with van der Waals surface area (Å²) in [6.07, 6.45) is 6.25. The zero-order chi connectivity index (χ0) is 21.3. The molecule has 0 aliphatic heterocycles. The lowest BCUT2D eigenvalue weighted by atomic mass is 10.1. The van der Waals surface area contributed by atoms with Crippen LogP contribution in [0, 0.1) is 33.6 Å². The van der Waals surface area contributed by atoms with Crippen molar-refractivity contribution in [1.82, 2.24) is 14.5 Å². The van der Waals surface area contributed by atoms with Crippen LogP contribution in [0.25, 0.3) is 5.69 Å². The van der Waals surface area contributed by atoms with Crippen molar-refractivity contribution in [2.75, 3.05) is 11.9 Å². The van der Waals surface area contributed by atoms with Crippen LogP contribution in [0.2, 0.25) is 0 Å². The molecule has 0 saturated heterocycles. The van der Waals surface area contributed by atoms with E-state index in [1.165, 1.54) is 29.5 Å². The number of hydrogen-bond donors (Lipinski definition) is 1. The molecule has 1 aliphatic carbocycles. The molecular formula is C25H30N4O. The van der Waals surface area contributed by atoms with Crippen LogP contribution in [0.15, 0.2) is 48.9 Å². The van der Waals surface area contributed by atoms with Gasteiger partial charge in [-0.2, -0.15) is 0 Å². The number of rotatable bonds is 6. The Bertz CT molecular complexity index is 1060. The van der Waals surface area contributed by atoms with E-state index in [0.29, 0.717) is 12.5 Å². The Balaban J connectivity index is 1.50. The van der Waals surface area contributed by atoms with E-state index < -0.39 is 0 Å². The zero-order valence-corrected chi connectivity index (χ0v) is 18.3. The third-order valence-electron chi connectivity index (χ3n) is 5.77. The van der Waals surface area contributed by atoms with Gasteiger partial charge in [-0.3, -0.25) is 0 Å². The van der Waals surface area contributed by atoms with E-state index in [2.05, 4.69) is 49.3 Å². The summed E-state index contributed by atoms with van der Waals surface area (Å²) in [5.74, 6) is 0.634. The number of nitrogens with one attached hydrogen (secondary N) is 1. The molecule has 0 spiro atoms. The molecule has 1 N–H and O–H groups in total. The second-order valence-electron chi connectivity index (χ2n) is 8.61. The number of imidazole rings is 1. The molecule has 30 heavy (non-hydrogen) atoms. The van der Waals surface area contributed by atoms with E-state index in [4.69, 9.17) is 0 Å². The maximum atomic E-state index is 13.1. The molecule has 5 heteroatoms. The number of carbonyl (C=O) groups is 1. The summed E-state index contributed by atoms with van der Waals surface area (Å²) < 4.78 is 2.01. The molecule has 1 aliphatic rings. The van der Waals surface area contributed by atoms with Crippen molar-refractivity contribution in [3.63, 3.8) is 0 Å². The predicted molar refractivity (Wildman–Crippen MR) is 121 cm³/mol. The Morgan fingerprint density at radius 3 is 2.57 bits per heavy atom. The minimum absolute atomic E-state index is 0.0339. The fraction of sp³-hybridized carbons (Fsp3) is 0.360. The van der Waals surface area contributed by atoms with E-state index in [0.717, 1.165) is 29.2 Å². The molecule has 3 aromatic rings. The molecule has 4 rings (SSSR count). The van der Waals surface area contributed by atoms with Gasteiger partial charge in [0, 0.05) is 30.7 Å². The van der Waals surface area contributed by atoms with Gasteiger partial charge in [0.1, 0.15) is 0 Å². The standard InChI is InChI=1S/C25H30N4O/c1-17-5-6-18(2)22(11-17)15-28(14-21-7-8-21)25(30)27-23-9-10-24(19(3)12-23)29-13-20(4)26-16-29/h5-6,9-13,16,21H,7-8,14-15H2,1-4H3,(H,27,30). The summed E-state index contributed by atoms with van der Waals surface area (Å²) in [6.45, 7) is 9.69. The van der Waals surface area contributed by atoms with Crippen molar-refractivity contribution >= 4 is 11.7 Å². The van der Waals surface area contributed by atoms with E-state index in [1.807, 2.05) is 47.1 Å². The highest BCUT2D eigenvalue weighted by Crippen LogP contribution is 2.31. The van der Waals surface area contributed by atoms with Gasteiger partial charge in [0.2, 0.25) is 0 Å². The highest BCUT2D eigenvalue weighted by molar-refractivity contribution is 5.89. The molecular weight excluding hydrogens is 372 g/mol. The van der Waals surface area contributed by atoms with Gasteiger partial charge in [0.05, 0.1) is 12.0 Å². The Morgan fingerprint density at radius 1 is 1.10 bits per heavy atom. The maximum Gasteiger partial charge on any atom is 0.322 e. The average Bonchev–Trinajstić information content (AvgIpc) is 3.42. The lowest BCUT2D eigenvalue weighted by Crippen LogP contribution is -2.36. The summed E-state index contributed by atoms with van der Waals surface area (Å²) in [6, 6.07) is 12.4. The van der Waals surface area contributed by atoms with Crippen LogP contribution >= 0.6 is 0 Å². The van der Waals surface area contributed by atoms with Gasteiger partial charge >= 0.3 is 6.03 Å². The first-order chi connectivity index (χ1) is 14.4. The SMILES string of the molecule is Cc1ccc(C)c(CN(CC2CC2)C(=O)Nc2ccc(-n3cnc(C)c3)c(C)c2)c1. The Morgan fingerprint density at radius 2 is 1.90 bits per heavy atom. The van der Waals surface area contributed by atoms with Crippen LogP contribution in [-0.4, -0.2) is 27.0 Å². The highest BCUT2D eigenvalue weighted by atomic mass is 16.2. The van der Waals surface area contributed by atoms with E-state index in [9.17, 15) is 4.79 Å². The normalized spacial score (nSPS) is 13.3. The van der Waals surface area contributed by atoms with Gasteiger partial charge in [0.15, 0.2) is 0 Å². The van der Waals surface area contributed by atoms with Crippen molar-refractivity contribution in [3.05, 3.63) is 76.9 Å². The lowest BCUT2D eigenvalue weighted by Gasteiger charge is -2.24. The number of aromatic nitrogens is 2. The molecule has 5 nitrogen and oxygen atoms in total. The van der Waals surface area contributed by atoms with E-state index in [1.54, 1.807) is 0 Å². The molecule has 156 valence electrons. The molecule has 1 aromatic heterocycles. The number of hydrogen-bond acceptors (Lipinski definition) is 2. The second-order valence-corrected chi connectivity index (χ2v) is 8.61. The van der Waals surface area contributed by atoms with Crippen LogP contribution in [0.4, 0.5) is 10.5 Å². The monoisotopic (exact) mass is 402 g/mol. The highest BCUT2D eigenvalue weighted by Gasteiger charge is 2.27. The Kier molecular flexibility index (Phi) is 5.62. The fourth-order valence-corrected chi connectivity index (χ4v) is 3.79. The van der Waals surface area contributed by atoms with Gasteiger partial charge < -0.3 is 14.8 Å². The molecule has 1 fully saturated rings.